The standard InChI is InChI=1S/C15H22O7/c1-8(15(18)19)10(16)7-11(17)9-5-12(20-2)14(22-4)13(6-9)21-3/h5-6,8,10-11,16-17H,7H2,1-4H3,(H,18,19). The number of aliphatic hydroxyl groups is 2. The van der Waals surface area contributed by atoms with Crippen LogP contribution in [0.5, 0.6) is 17.2 Å². The second-order valence-corrected chi connectivity index (χ2v) is 4.90. The van der Waals surface area contributed by atoms with Crippen molar-refractivity contribution in [3.05, 3.63) is 17.7 Å². The Morgan fingerprint density at radius 2 is 1.59 bits per heavy atom. The highest BCUT2D eigenvalue weighted by atomic mass is 16.5. The zero-order valence-electron chi connectivity index (χ0n) is 13.1. The molecule has 1 rings (SSSR count). The van der Waals surface area contributed by atoms with Crippen LogP contribution < -0.4 is 14.2 Å². The third-order valence-electron chi connectivity index (χ3n) is 3.50. The van der Waals surface area contributed by atoms with Gasteiger partial charge < -0.3 is 29.5 Å². The van der Waals surface area contributed by atoms with Gasteiger partial charge in [-0.3, -0.25) is 4.79 Å². The highest BCUT2D eigenvalue weighted by Gasteiger charge is 2.26. The average Bonchev–Trinajstić information content (AvgIpc) is 2.51. The number of hydrogen-bond acceptors (Lipinski definition) is 6. The summed E-state index contributed by atoms with van der Waals surface area (Å²) in [5.74, 6) is -0.963. The molecule has 22 heavy (non-hydrogen) atoms. The zero-order valence-corrected chi connectivity index (χ0v) is 13.1. The topological polar surface area (TPSA) is 105 Å². The monoisotopic (exact) mass is 314 g/mol. The van der Waals surface area contributed by atoms with E-state index in [1.54, 1.807) is 12.1 Å². The molecular weight excluding hydrogens is 292 g/mol. The summed E-state index contributed by atoms with van der Waals surface area (Å²) in [6.45, 7) is 1.38. The van der Waals surface area contributed by atoms with Crippen molar-refractivity contribution in [3.63, 3.8) is 0 Å². The molecule has 7 heteroatoms. The molecule has 0 aliphatic carbocycles. The molecule has 0 radical (unpaired) electrons. The van der Waals surface area contributed by atoms with E-state index in [0.29, 0.717) is 22.8 Å². The molecule has 0 saturated carbocycles. The predicted octanol–water partition coefficient (Wildman–Crippen LogP) is 1.22. The Labute approximate surface area is 129 Å². The minimum atomic E-state index is -1.17. The van der Waals surface area contributed by atoms with Gasteiger partial charge in [-0.2, -0.15) is 0 Å². The number of benzene rings is 1. The van der Waals surface area contributed by atoms with Crippen LogP contribution in [0.2, 0.25) is 0 Å². The van der Waals surface area contributed by atoms with Crippen LogP contribution in [-0.2, 0) is 4.79 Å². The maximum Gasteiger partial charge on any atom is 0.308 e. The molecule has 124 valence electrons. The highest BCUT2D eigenvalue weighted by Crippen LogP contribution is 2.40. The van der Waals surface area contributed by atoms with Crippen LogP contribution in [0, 0.1) is 5.92 Å². The van der Waals surface area contributed by atoms with Gasteiger partial charge in [0.25, 0.3) is 0 Å². The number of methoxy groups -OCH3 is 3. The number of carboxylic acid groups (broad SMARTS) is 1. The number of aliphatic carboxylic acids is 1. The Hall–Kier alpha value is -1.99. The van der Waals surface area contributed by atoms with E-state index in [0.717, 1.165) is 0 Å². The number of rotatable bonds is 8. The maximum atomic E-state index is 10.8. The summed E-state index contributed by atoms with van der Waals surface area (Å²) < 4.78 is 15.6. The van der Waals surface area contributed by atoms with Crippen LogP contribution in [0.25, 0.3) is 0 Å². The summed E-state index contributed by atoms with van der Waals surface area (Å²) >= 11 is 0. The van der Waals surface area contributed by atoms with Crippen molar-refractivity contribution in [2.45, 2.75) is 25.6 Å². The second-order valence-electron chi connectivity index (χ2n) is 4.90. The summed E-state index contributed by atoms with van der Waals surface area (Å²) in [5.41, 5.74) is 0.436. The maximum absolute atomic E-state index is 10.8. The molecule has 0 aromatic heterocycles. The number of aliphatic hydroxyl groups excluding tert-OH is 2. The minimum absolute atomic E-state index is 0.119. The van der Waals surface area contributed by atoms with Crippen molar-refractivity contribution in [2.24, 2.45) is 5.92 Å². The minimum Gasteiger partial charge on any atom is -0.493 e. The Morgan fingerprint density at radius 1 is 1.09 bits per heavy atom. The molecule has 7 nitrogen and oxygen atoms in total. The van der Waals surface area contributed by atoms with Crippen LogP contribution >= 0.6 is 0 Å². The number of carbonyl (C=O) groups is 1. The molecule has 3 atom stereocenters. The molecule has 0 spiro atoms. The SMILES string of the molecule is COc1cc(C(O)CC(O)C(C)C(=O)O)cc(OC)c1OC. The Bertz CT molecular complexity index is 490. The van der Waals surface area contributed by atoms with E-state index < -0.39 is 24.1 Å². The van der Waals surface area contributed by atoms with Gasteiger partial charge in [-0.15, -0.1) is 0 Å². The first kappa shape index (κ1) is 18.1. The molecule has 1 aromatic rings. The molecule has 3 unspecified atom stereocenters. The lowest BCUT2D eigenvalue weighted by molar-refractivity contribution is -0.145. The number of ether oxygens (including phenoxy) is 3. The third kappa shape index (κ3) is 4.02. The van der Waals surface area contributed by atoms with E-state index in [9.17, 15) is 15.0 Å². The fourth-order valence-electron chi connectivity index (χ4n) is 2.03. The molecule has 0 heterocycles. The second kappa shape index (κ2) is 7.86. The van der Waals surface area contributed by atoms with Crippen molar-refractivity contribution in [3.8, 4) is 17.2 Å². The van der Waals surface area contributed by atoms with E-state index in [-0.39, 0.29) is 6.42 Å². The van der Waals surface area contributed by atoms with Crippen molar-refractivity contribution >= 4 is 5.97 Å². The van der Waals surface area contributed by atoms with Gasteiger partial charge in [0.1, 0.15) is 0 Å². The molecule has 1 aromatic carbocycles. The van der Waals surface area contributed by atoms with Crippen molar-refractivity contribution < 1.29 is 34.3 Å². The summed E-state index contributed by atoms with van der Waals surface area (Å²) in [6.07, 6.45) is -2.36. The van der Waals surface area contributed by atoms with Gasteiger partial charge in [-0.25, -0.2) is 0 Å². The van der Waals surface area contributed by atoms with Crippen LogP contribution in [0.1, 0.15) is 25.0 Å². The Balaban J connectivity index is 3.03. The van der Waals surface area contributed by atoms with Crippen LogP contribution in [0.3, 0.4) is 0 Å². The first-order valence-electron chi connectivity index (χ1n) is 6.74. The lowest BCUT2D eigenvalue weighted by Gasteiger charge is -2.21. The molecular formula is C15H22O7. The molecule has 3 N–H and O–H groups in total. The lowest BCUT2D eigenvalue weighted by Crippen LogP contribution is -2.27. The molecule has 0 aliphatic rings. The Morgan fingerprint density at radius 3 is 1.95 bits per heavy atom. The van der Waals surface area contributed by atoms with Crippen molar-refractivity contribution in [2.75, 3.05) is 21.3 Å². The molecule has 0 fully saturated rings. The summed E-state index contributed by atoms with van der Waals surface area (Å²) in [6, 6.07) is 3.12. The highest BCUT2D eigenvalue weighted by molar-refractivity contribution is 5.70. The van der Waals surface area contributed by atoms with Gasteiger partial charge in [0.15, 0.2) is 11.5 Å². The van der Waals surface area contributed by atoms with Gasteiger partial charge >= 0.3 is 5.97 Å². The molecule has 0 saturated heterocycles. The summed E-state index contributed by atoms with van der Waals surface area (Å²) in [5, 5.41) is 28.9. The molecule has 0 amide bonds. The normalized spacial score (nSPS) is 14.8. The van der Waals surface area contributed by atoms with Gasteiger partial charge in [-0.05, 0) is 24.6 Å². The van der Waals surface area contributed by atoms with E-state index in [1.165, 1.54) is 28.3 Å². The number of hydrogen-bond donors (Lipinski definition) is 3. The number of carboxylic acids is 1. The first-order chi connectivity index (χ1) is 10.3. The van der Waals surface area contributed by atoms with Crippen LogP contribution in [0.15, 0.2) is 12.1 Å². The quantitative estimate of drug-likeness (QED) is 0.662. The predicted molar refractivity (Wildman–Crippen MR) is 78.5 cm³/mol. The van der Waals surface area contributed by atoms with Crippen LogP contribution in [-0.4, -0.2) is 48.7 Å². The van der Waals surface area contributed by atoms with E-state index in [2.05, 4.69) is 0 Å². The van der Waals surface area contributed by atoms with Gasteiger partial charge in [-0.1, -0.05) is 0 Å². The smallest absolute Gasteiger partial charge is 0.308 e. The first-order valence-corrected chi connectivity index (χ1v) is 6.74. The largest absolute Gasteiger partial charge is 0.493 e. The van der Waals surface area contributed by atoms with Gasteiger partial charge in [0, 0.05) is 6.42 Å². The Kier molecular flexibility index (Phi) is 6.45. The fourth-order valence-corrected chi connectivity index (χ4v) is 2.03. The van der Waals surface area contributed by atoms with Crippen LogP contribution in [0.4, 0.5) is 0 Å². The lowest BCUT2D eigenvalue weighted by atomic mass is 9.95. The van der Waals surface area contributed by atoms with Gasteiger partial charge in [0.05, 0.1) is 39.5 Å². The van der Waals surface area contributed by atoms with Crippen molar-refractivity contribution in [1.82, 2.24) is 0 Å². The fraction of sp³-hybridized carbons (Fsp3) is 0.533. The summed E-state index contributed by atoms with van der Waals surface area (Å²) in [4.78, 5) is 10.8. The molecule has 0 aliphatic heterocycles. The van der Waals surface area contributed by atoms with Gasteiger partial charge in [0.2, 0.25) is 5.75 Å². The zero-order chi connectivity index (χ0) is 16.9. The molecule has 0 bridgehead atoms. The van der Waals surface area contributed by atoms with E-state index in [1.807, 2.05) is 0 Å². The van der Waals surface area contributed by atoms with E-state index in [4.69, 9.17) is 19.3 Å². The van der Waals surface area contributed by atoms with E-state index >= 15 is 0 Å². The third-order valence-corrected chi connectivity index (χ3v) is 3.50. The average molecular weight is 314 g/mol. The van der Waals surface area contributed by atoms with Crippen molar-refractivity contribution in [1.29, 1.82) is 0 Å². The summed E-state index contributed by atoms with van der Waals surface area (Å²) in [7, 11) is 4.37.